The fourth-order valence-corrected chi connectivity index (χ4v) is 1.76. The molecule has 1 fully saturated rings. The van der Waals surface area contributed by atoms with Crippen LogP contribution in [0.2, 0.25) is 0 Å². The maximum Gasteiger partial charge on any atom is 0.158 e. The molecule has 0 unspecified atom stereocenters. The van der Waals surface area contributed by atoms with Crippen LogP contribution in [0.5, 0.6) is 0 Å². The van der Waals surface area contributed by atoms with Crippen molar-refractivity contribution < 1.29 is 4.79 Å². The molecule has 1 aliphatic carbocycles. The van der Waals surface area contributed by atoms with Crippen LogP contribution in [0.4, 0.5) is 0 Å². The van der Waals surface area contributed by atoms with Crippen LogP contribution in [-0.2, 0) is 4.79 Å². The fraction of sp³-hybridized carbons (Fsp3) is 0.727. The number of carbonyl (C=O) groups excluding carboxylic acids is 1. The first-order chi connectivity index (χ1) is 5.72. The van der Waals surface area contributed by atoms with Crippen molar-refractivity contribution in [2.75, 3.05) is 0 Å². The molecular weight excluding hydrogens is 148 g/mol. The van der Waals surface area contributed by atoms with Crippen molar-refractivity contribution in [3.05, 3.63) is 11.1 Å². The van der Waals surface area contributed by atoms with Crippen molar-refractivity contribution in [3.8, 4) is 0 Å². The smallest absolute Gasteiger partial charge is 0.158 e. The molecule has 0 N–H and O–H groups in total. The summed E-state index contributed by atoms with van der Waals surface area (Å²) >= 11 is 0. The average molecular weight is 166 g/mol. The van der Waals surface area contributed by atoms with Gasteiger partial charge in [-0.15, -0.1) is 0 Å². The second-order valence-corrected chi connectivity index (χ2v) is 3.82. The Bertz CT molecular complexity index is 197. The quantitative estimate of drug-likeness (QED) is 0.505. The summed E-state index contributed by atoms with van der Waals surface area (Å²) in [7, 11) is 0. The van der Waals surface area contributed by atoms with E-state index in [9.17, 15) is 4.79 Å². The molecule has 0 saturated heterocycles. The average Bonchev–Trinajstić information content (AvgIpc) is 1.96. The fourth-order valence-electron chi connectivity index (χ4n) is 1.76. The van der Waals surface area contributed by atoms with Crippen molar-refractivity contribution in [3.63, 3.8) is 0 Å². The monoisotopic (exact) mass is 166 g/mol. The topological polar surface area (TPSA) is 17.1 Å². The molecule has 0 bridgehead atoms. The molecular formula is C11H18O. The van der Waals surface area contributed by atoms with E-state index in [0.717, 1.165) is 24.8 Å². The molecule has 0 aliphatic heterocycles. The van der Waals surface area contributed by atoms with Crippen molar-refractivity contribution in [1.29, 1.82) is 0 Å². The molecule has 0 aromatic heterocycles. The van der Waals surface area contributed by atoms with Gasteiger partial charge in [-0.05, 0) is 38.7 Å². The van der Waals surface area contributed by atoms with Gasteiger partial charge in [-0.25, -0.2) is 0 Å². The SMILES string of the molecule is CC(C)=C1CCCCCCC1=O. The predicted molar refractivity (Wildman–Crippen MR) is 51.1 cm³/mol. The highest BCUT2D eigenvalue weighted by molar-refractivity contribution is 5.95. The summed E-state index contributed by atoms with van der Waals surface area (Å²) in [5.74, 6) is 0.398. The second kappa shape index (κ2) is 4.44. The van der Waals surface area contributed by atoms with Crippen LogP contribution in [0.1, 0.15) is 52.4 Å². The van der Waals surface area contributed by atoms with E-state index >= 15 is 0 Å². The van der Waals surface area contributed by atoms with E-state index in [-0.39, 0.29) is 0 Å². The molecule has 12 heavy (non-hydrogen) atoms. The van der Waals surface area contributed by atoms with Gasteiger partial charge < -0.3 is 0 Å². The van der Waals surface area contributed by atoms with E-state index in [1.54, 1.807) is 0 Å². The Kier molecular flexibility index (Phi) is 3.51. The number of Topliss-reactive ketones (excluding diaryl/α,β-unsaturated/α-hetero) is 1. The molecule has 0 aromatic carbocycles. The molecule has 1 aliphatic rings. The molecule has 1 rings (SSSR count). The standard InChI is InChI=1S/C11H18O/c1-9(2)10-7-5-3-4-6-8-11(10)12/h3-8H2,1-2H3. The van der Waals surface area contributed by atoms with Crippen LogP contribution in [0.25, 0.3) is 0 Å². The molecule has 1 nitrogen and oxygen atoms in total. The number of allylic oxidation sites excluding steroid dienone is 2. The van der Waals surface area contributed by atoms with Gasteiger partial charge in [0.15, 0.2) is 5.78 Å². The maximum absolute atomic E-state index is 11.6. The molecule has 0 spiro atoms. The number of carbonyl (C=O) groups is 1. The molecule has 0 heterocycles. The molecule has 68 valence electrons. The first kappa shape index (κ1) is 9.50. The van der Waals surface area contributed by atoms with Gasteiger partial charge in [0.25, 0.3) is 0 Å². The van der Waals surface area contributed by atoms with Crippen molar-refractivity contribution in [2.24, 2.45) is 0 Å². The normalized spacial score (nSPS) is 20.2. The minimum Gasteiger partial charge on any atom is -0.295 e. The lowest BCUT2D eigenvalue weighted by Crippen LogP contribution is -2.06. The molecule has 0 aromatic rings. The summed E-state index contributed by atoms with van der Waals surface area (Å²) in [4.78, 5) is 11.6. The maximum atomic E-state index is 11.6. The summed E-state index contributed by atoms with van der Waals surface area (Å²) in [6.45, 7) is 4.10. The summed E-state index contributed by atoms with van der Waals surface area (Å²) < 4.78 is 0. The highest BCUT2D eigenvalue weighted by atomic mass is 16.1. The third-order valence-electron chi connectivity index (χ3n) is 2.52. The molecule has 1 saturated carbocycles. The summed E-state index contributed by atoms with van der Waals surface area (Å²) in [5, 5.41) is 0. The minimum absolute atomic E-state index is 0.398. The van der Waals surface area contributed by atoms with Crippen LogP contribution >= 0.6 is 0 Å². The first-order valence-corrected chi connectivity index (χ1v) is 4.91. The minimum atomic E-state index is 0.398. The van der Waals surface area contributed by atoms with Crippen LogP contribution in [0.15, 0.2) is 11.1 Å². The van der Waals surface area contributed by atoms with Crippen LogP contribution in [0.3, 0.4) is 0 Å². The van der Waals surface area contributed by atoms with Crippen molar-refractivity contribution in [1.82, 2.24) is 0 Å². The Morgan fingerprint density at radius 2 is 1.58 bits per heavy atom. The molecule has 0 amide bonds. The lowest BCUT2D eigenvalue weighted by atomic mass is 9.92. The number of ketones is 1. The largest absolute Gasteiger partial charge is 0.295 e. The summed E-state index contributed by atoms with van der Waals surface area (Å²) in [5.41, 5.74) is 2.33. The van der Waals surface area contributed by atoms with Gasteiger partial charge in [0, 0.05) is 6.42 Å². The Labute approximate surface area is 74.9 Å². The number of rotatable bonds is 0. The Balaban J connectivity index is 2.68. The first-order valence-electron chi connectivity index (χ1n) is 4.91. The third-order valence-corrected chi connectivity index (χ3v) is 2.52. The zero-order chi connectivity index (χ0) is 8.97. The number of hydrogen-bond donors (Lipinski definition) is 0. The van der Waals surface area contributed by atoms with Gasteiger partial charge in [-0.3, -0.25) is 4.79 Å². The lowest BCUT2D eigenvalue weighted by molar-refractivity contribution is -0.116. The van der Waals surface area contributed by atoms with Gasteiger partial charge >= 0.3 is 0 Å². The van der Waals surface area contributed by atoms with Gasteiger partial charge in [0.2, 0.25) is 0 Å². The van der Waals surface area contributed by atoms with Gasteiger partial charge in [0.1, 0.15) is 0 Å². The molecule has 0 radical (unpaired) electrons. The van der Waals surface area contributed by atoms with E-state index in [0.29, 0.717) is 5.78 Å². The van der Waals surface area contributed by atoms with Crippen LogP contribution in [0, 0.1) is 0 Å². The predicted octanol–water partition coefficient (Wildman–Crippen LogP) is 3.25. The van der Waals surface area contributed by atoms with E-state index in [2.05, 4.69) is 13.8 Å². The van der Waals surface area contributed by atoms with E-state index in [1.807, 2.05) is 0 Å². The highest BCUT2D eigenvalue weighted by Gasteiger charge is 2.12. The van der Waals surface area contributed by atoms with E-state index < -0.39 is 0 Å². The lowest BCUT2D eigenvalue weighted by Gasteiger charge is -2.12. The van der Waals surface area contributed by atoms with Gasteiger partial charge in [-0.1, -0.05) is 18.4 Å². The Hall–Kier alpha value is -0.590. The van der Waals surface area contributed by atoms with E-state index in [1.165, 1.54) is 24.8 Å². The zero-order valence-corrected chi connectivity index (χ0v) is 8.15. The Morgan fingerprint density at radius 1 is 1.00 bits per heavy atom. The van der Waals surface area contributed by atoms with Gasteiger partial charge in [-0.2, -0.15) is 0 Å². The second-order valence-electron chi connectivity index (χ2n) is 3.82. The molecule has 0 atom stereocenters. The van der Waals surface area contributed by atoms with Crippen molar-refractivity contribution in [2.45, 2.75) is 52.4 Å². The van der Waals surface area contributed by atoms with Crippen LogP contribution < -0.4 is 0 Å². The molecule has 1 heteroatoms. The summed E-state index contributed by atoms with van der Waals surface area (Å²) in [6, 6.07) is 0. The third kappa shape index (κ3) is 2.47. The van der Waals surface area contributed by atoms with Crippen LogP contribution in [-0.4, -0.2) is 5.78 Å². The van der Waals surface area contributed by atoms with E-state index in [4.69, 9.17) is 0 Å². The summed E-state index contributed by atoms with van der Waals surface area (Å²) in [6.07, 6.45) is 6.62. The highest BCUT2D eigenvalue weighted by Crippen LogP contribution is 2.21. The van der Waals surface area contributed by atoms with Gasteiger partial charge in [0.05, 0.1) is 0 Å². The zero-order valence-electron chi connectivity index (χ0n) is 8.15. The van der Waals surface area contributed by atoms with Crippen molar-refractivity contribution >= 4 is 5.78 Å². The number of hydrogen-bond acceptors (Lipinski definition) is 1. The Morgan fingerprint density at radius 3 is 2.17 bits per heavy atom.